The van der Waals surface area contributed by atoms with Gasteiger partial charge >= 0.3 is 6.18 Å². The van der Waals surface area contributed by atoms with E-state index in [-0.39, 0.29) is 29.8 Å². The van der Waals surface area contributed by atoms with Crippen molar-refractivity contribution in [2.75, 3.05) is 18.4 Å². The summed E-state index contributed by atoms with van der Waals surface area (Å²) in [5.41, 5.74) is 1.14. The minimum atomic E-state index is -4.52. The van der Waals surface area contributed by atoms with E-state index in [1.807, 2.05) is 13.8 Å². The van der Waals surface area contributed by atoms with Crippen LogP contribution in [0.5, 0.6) is 5.75 Å². The molecule has 0 spiro atoms. The Kier molecular flexibility index (Phi) is 7.24. The summed E-state index contributed by atoms with van der Waals surface area (Å²) in [5.74, 6) is 1.08. The normalized spacial score (nSPS) is 11.3. The van der Waals surface area contributed by atoms with E-state index in [0.717, 1.165) is 17.3 Å². The van der Waals surface area contributed by atoms with Gasteiger partial charge in [0, 0.05) is 24.8 Å². The van der Waals surface area contributed by atoms with Gasteiger partial charge in [-0.1, -0.05) is 16.8 Å². The fourth-order valence-corrected chi connectivity index (χ4v) is 2.98. The van der Waals surface area contributed by atoms with Crippen molar-refractivity contribution in [2.24, 2.45) is 0 Å². The Balaban J connectivity index is 1.45. The third-order valence-electron chi connectivity index (χ3n) is 4.55. The summed E-state index contributed by atoms with van der Waals surface area (Å²) in [6.07, 6.45) is -3.82. The molecular weight excluding hydrogens is 449 g/mol. The zero-order chi connectivity index (χ0) is 23.3. The number of halogens is 4. The maximum atomic E-state index is 12.6. The highest BCUT2D eigenvalue weighted by Crippen LogP contribution is 2.32. The van der Waals surface area contributed by atoms with E-state index < -0.39 is 11.7 Å². The molecule has 0 fully saturated rings. The molecule has 0 aliphatic heterocycles. The van der Waals surface area contributed by atoms with Crippen LogP contribution in [0.4, 0.5) is 19.0 Å². The number of rotatable bonds is 8. The number of amides is 1. The smallest absolute Gasteiger partial charge is 0.417 e. The van der Waals surface area contributed by atoms with Crippen LogP contribution < -0.4 is 15.4 Å². The van der Waals surface area contributed by atoms with Crippen LogP contribution in [0.25, 0.3) is 0 Å². The average Bonchev–Trinajstić information content (AvgIpc) is 3.07. The highest BCUT2D eigenvalue weighted by Gasteiger charge is 2.31. The number of hydrogen-bond donors (Lipinski definition) is 2. The minimum absolute atomic E-state index is 0.105. The molecule has 0 aliphatic rings. The molecule has 11 heteroatoms. The summed E-state index contributed by atoms with van der Waals surface area (Å²) in [6, 6.07) is 7.40. The van der Waals surface area contributed by atoms with Crippen molar-refractivity contribution >= 4 is 23.3 Å². The number of aromatic nitrogens is 2. The summed E-state index contributed by atoms with van der Waals surface area (Å²) in [7, 11) is 0. The van der Waals surface area contributed by atoms with E-state index in [4.69, 9.17) is 20.9 Å². The molecule has 1 amide bonds. The molecule has 32 heavy (non-hydrogen) atoms. The molecule has 0 saturated carbocycles. The molecule has 0 saturated heterocycles. The number of carbonyl (C=O) groups is 1. The highest BCUT2D eigenvalue weighted by molar-refractivity contribution is 6.32. The average molecular weight is 469 g/mol. The van der Waals surface area contributed by atoms with Crippen LogP contribution in [0.2, 0.25) is 5.02 Å². The van der Waals surface area contributed by atoms with Gasteiger partial charge in [-0.25, -0.2) is 4.98 Å². The number of aryl methyl sites for hydroxylation is 2. The number of pyridine rings is 1. The maximum Gasteiger partial charge on any atom is 0.417 e. The van der Waals surface area contributed by atoms with E-state index in [9.17, 15) is 18.0 Å². The molecule has 2 N–H and O–H groups in total. The van der Waals surface area contributed by atoms with Gasteiger partial charge in [-0.15, -0.1) is 0 Å². The fraction of sp³-hybridized carbons (Fsp3) is 0.286. The Hall–Kier alpha value is -3.27. The van der Waals surface area contributed by atoms with Crippen LogP contribution in [0.3, 0.4) is 0 Å². The van der Waals surface area contributed by atoms with Crippen LogP contribution >= 0.6 is 11.6 Å². The van der Waals surface area contributed by atoms with Crippen molar-refractivity contribution in [3.63, 3.8) is 0 Å². The molecule has 7 nitrogen and oxygen atoms in total. The van der Waals surface area contributed by atoms with Crippen LogP contribution in [0, 0.1) is 13.8 Å². The second kappa shape index (κ2) is 9.90. The first-order valence-electron chi connectivity index (χ1n) is 9.54. The van der Waals surface area contributed by atoms with Crippen molar-refractivity contribution in [3.8, 4) is 5.75 Å². The number of nitrogens with zero attached hydrogens (tertiary/aromatic N) is 2. The Morgan fingerprint density at radius 1 is 1.19 bits per heavy atom. The first-order valence-corrected chi connectivity index (χ1v) is 9.92. The molecule has 0 aliphatic carbocycles. The molecule has 0 atom stereocenters. The summed E-state index contributed by atoms with van der Waals surface area (Å²) >= 11 is 5.83. The number of hydrogen-bond acceptors (Lipinski definition) is 6. The number of benzene rings is 1. The van der Waals surface area contributed by atoms with Gasteiger partial charge in [0.15, 0.2) is 0 Å². The number of alkyl halides is 3. The Labute approximate surface area is 186 Å². The Morgan fingerprint density at radius 3 is 2.50 bits per heavy atom. The van der Waals surface area contributed by atoms with Gasteiger partial charge in [-0.2, -0.15) is 13.2 Å². The van der Waals surface area contributed by atoms with Gasteiger partial charge in [0.05, 0.1) is 21.8 Å². The maximum absolute atomic E-state index is 12.6. The van der Waals surface area contributed by atoms with Gasteiger partial charge in [0.1, 0.15) is 23.9 Å². The first kappa shape index (κ1) is 23.4. The van der Waals surface area contributed by atoms with Gasteiger partial charge in [-0.3, -0.25) is 4.79 Å². The van der Waals surface area contributed by atoms with Crippen molar-refractivity contribution in [2.45, 2.75) is 26.6 Å². The largest absolute Gasteiger partial charge is 0.489 e. The van der Waals surface area contributed by atoms with Crippen molar-refractivity contribution in [1.82, 2.24) is 15.5 Å². The summed E-state index contributed by atoms with van der Waals surface area (Å²) in [5, 5.41) is 9.20. The predicted molar refractivity (Wildman–Crippen MR) is 112 cm³/mol. The molecule has 0 unspecified atom stereocenters. The summed E-state index contributed by atoms with van der Waals surface area (Å²) < 4.78 is 48.7. The Morgan fingerprint density at radius 2 is 1.91 bits per heavy atom. The molecule has 0 bridgehead atoms. The Bertz CT molecular complexity index is 1070. The third-order valence-corrected chi connectivity index (χ3v) is 4.84. The van der Waals surface area contributed by atoms with Crippen LogP contribution in [0.15, 0.2) is 41.1 Å². The third kappa shape index (κ3) is 5.91. The van der Waals surface area contributed by atoms with Gasteiger partial charge < -0.3 is 19.9 Å². The second-order valence-electron chi connectivity index (χ2n) is 6.85. The van der Waals surface area contributed by atoms with Crippen molar-refractivity contribution in [1.29, 1.82) is 0 Å². The van der Waals surface area contributed by atoms with Crippen molar-refractivity contribution < 1.29 is 27.2 Å². The molecule has 170 valence electrons. The summed E-state index contributed by atoms with van der Waals surface area (Å²) in [4.78, 5) is 15.9. The lowest BCUT2D eigenvalue weighted by atomic mass is 10.2. The number of carbonyl (C=O) groups excluding carboxylic acids is 1. The molecule has 3 rings (SSSR count). The highest BCUT2D eigenvalue weighted by atomic mass is 35.5. The summed E-state index contributed by atoms with van der Waals surface area (Å²) in [6.45, 7) is 4.38. The number of ether oxygens (including phenoxy) is 1. The standard InChI is InChI=1S/C21H20ClF3N4O3/c1-12-17(13(2)32-29-12)11-31-16-5-3-14(4-6-16)20(30)27-8-7-26-19-18(22)9-15(10-28-19)21(23,24)25/h3-6,9-10H,7-8,11H2,1-2H3,(H,26,28)(H,27,30). The van der Waals surface area contributed by atoms with E-state index >= 15 is 0 Å². The van der Waals surface area contributed by atoms with Crippen LogP contribution in [-0.2, 0) is 12.8 Å². The second-order valence-corrected chi connectivity index (χ2v) is 7.26. The van der Waals surface area contributed by atoms with Crippen LogP contribution in [-0.4, -0.2) is 29.1 Å². The predicted octanol–water partition coefficient (Wildman–Crippen LogP) is 4.78. The lowest BCUT2D eigenvalue weighted by Gasteiger charge is -2.11. The monoisotopic (exact) mass is 468 g/mol. The molecule has 2 aromatic heterocycles. The lowest BCUT2D eigenvalue weighted by molar-refractivity contribution is -0.137. The van der Waals surface area contributed by atoms with Gasteiger partial charge in [0.2, 0.25) is 0 Å². The van der Waals surface area contributed by atoms with E-state index in [1.54, 1.807) is 24.3 Å². The molecule has 0 radical (unpaired) electrons. The fourth-order valence-electron chi connectivity index (χ4n) is 2.75. The van der Waals surface area contributed by atoms with E-state index in [0.29, 0.717) is 29.9 Å². The molecular formula is C21H20ClF3N4O3. The zero-order valence-corrected chi connectivity index (χ0v) is 18.0. The lowest BCUT2D eigenvalue weighted by Crippen LogP contribution is -2.28. The topological polar surface area (TPSA) is 89.3 Å². The number of nitrogens with one attached hydrogen (secondary N) is 2. The SMILES string of the molecule is Cc1noc(C)c1COc1ccc(C(=O)NCCNc2ncc(C(F)(F)F)cc2Cl)cc1. The van der Waals surface area contributed by atoms with Gasteiger partial charge in [0.25, 0.3) is 5.91 Å². The first-order chi connectivity index (χ1) is 15.1. The van der Waals surface area contributed by atoms with Crippen molar-refractivity contribution in [3.05, 3.63) is 69.7 Å². The van der Waals surface area contributed by atoms with E-state index in [2.05, 4.69) is 20.8 Å². The molecule has 3 aromatic rings. The van der Waals surface area contributed by atoms with E-state index in [1.165, 1.54) is 0 Å². The molecule has 2 heterocycles. The van der Waals surface area contributed by atoms with Gasteiger partial charge in [-0.05, 0) is 44.2 Å². The quantitative estimate of drug-likeness (QED) is 0.462. The number of anilines is 1. The molecule has 1 aromatic carbocycles. The zero-order valence-electron chi connectivity index (χ0n) is 17.2. The minimum Gasteiger partial charge on any atom is -0.489 e. The van der Waals surface area contributed by atoms with Crippen LogP contribution in [0.1, 0.15) is 32.9 Å².